The van der Waals surface area contributed by atoms with Crippen molar-refractivity contribution in [3.63, 3.8) is 0 Å². The summed E-state index contributed by atoms with van der Waals surface area (Å²) in [7, 11) is 0. The van der Waals surface area contributed by atoms with Crippen LogP contribution in [0.5, 0.6) is 0 Å². The summed E-state index contributed by atoms with van der Waals surface area (Å²) in [6.45, 7) is 2.85. The molecule has 176 valence electrons. The van der Waals surface area contributed by atoms with Crippen molar-refractivity contribution in [2.24, 2.45) is 5.73 Å². The third-order valence-corrected chi connectivity index (χ3v) is 5.83. The van der Waals surface area contributed by atoms with Gasteiger partial charge in [-0.05, 0) is 79.3 Å². The minimum Gasteiger partial charge on any atom is -0.459 e. The lowest BCUT2D eigenvalue weighted by atomic mass is 9.92. The van der Waals surface area contributed by atoms with Crippen LogP contribution < -0.4 is 11.1 Å². The molecule has 0 saturated carbocycles. The Morgan fingerprint density at radius 2 is 1.94 bits per heavy atom. The van der Waals surface area contributed by atoms with Gasteiger partial charge in [-0.2, -0.15) is 0 Å². The summed E-state index contributed by atoms with van der Waals surface area (Å²) in [6.07, 6.45) is 6.23. The maximum Gasteiger partial charge on any atom is 0.338 e. The molecule has 2 atom stereocenters. The third kappa shape index (κ3) is 5.87. The summed E-state index contributed by atoms with van der Waals surface area (Å²) in [5.41, 5.74) is 10.3. The van der Waals surface area contributed by atoms with Crippen LogP contribution in [0.25, 0.3) is 11.1 Å². The van der Waals surface area contributed by atoms with Gasteiger partial charge in [-0.1, -0.05) is 18.2 Å². The minimum absolute atomic E-state index is 0.0406. The van der Waals surface area contributed by atoms with E-state index in [9.17, 15) is 9.59 Å². The quantitative estimate of drug-likeness (QED) is 0.495. The van der Waals surface area contributed by atoms with Crippen molar-refractivity contribution in [3.05, 3.63) is 83.7 Å². The molecule has 2 aromatic carbocycles. The van der Waals surface area contributed by atoms with Crippen LogP contribution in [0.1, 0.15) is 58.5 Å². The summed E-state index contributed by atoms with van der Waals surface area (Å²) in [6, 6.07) is 15.8. The van der Waals surface area contributed by atoms with Crippen molar-refractivity contribution < 1.29 is 19.1 Å². The lowest BCUT2D eigenvalue weighted by Crippen LogP contribution is -2.25. The zero-order chi connectivity index (χ0) is 23.9. The van der Waals surface area contributed by atoms with E-state index in [-0.39, 0.29) is 24.7 Å². The average molecular weight is 460 g/mol. The Balaban J connectivity index is 1.56. The fraction of sp³-hybridized carbons (Fsp3) is 0.296. The van der Waals surface area contributed by atoms with Gasteiger partial charge < -0.3 is 20.5 Å². The molecule has 1 amide bonds. The van der Waals surface area contributed by atoms with Crippen LogP contribution in [-0.4, -0.2) is 36.2 Å². The predicted octanol–water partition coefficient (Wildman–Crippen LogP) is 4.75. The molecule has 1 aliphatic rings. The molecule has 0 spiro atoms. The van der Waals surface area contributed by atoms with E-state index in [2.05, 4.69) is 10.3 Å². The van der Waals surface area contributed by atoms with Crippen molar-refractivity contribution >= 4 is 17.6 Å². The van der Waals surface area contributed by atoms with Gasteiger partial charge in [0.1, 0.15) is 6.61 Å². The first-order valence-corrected chi connectivity index (χ1v) is 11.5. The molecular formula is C27H29N3O4. The Morgan fingerprint density at radius 3 is 2.68 bits per heavy atom. The van der Waals surface area contributed by atoms with Gasteiger partial charge in [0.15, 0.2) is 0 Å². The highest BCUT2D eigenvalue weighted by Crippen LogP contribution is 2.30. The molecule has 4 rings (SSSR count). The van der Waals surface area contributed by atoms with Crippen molar-refractivity contribution in [2.75, 3.05) is 18.5 Å². The summed E-state index contributed by atoms with van der Waals surface area (Å²) in [5, 5.41) is 2.87. The number of nitrogens with two attached hydrogens (primary N) is 1. The van der Waals surface area contributed by atoms with Gasteiger partial charge in [0.2, 0.25) is 0 Å². The summed E-state index contributed by atoms with van der Waals surface area (Å²) in [4.78, 5) is 29.5. The fourth-order valence-corrected chi connectivity index (χ4v) is 3.99. The number of benzene rings is 2. The van der Waals surface area contributed by atoms with E-state index in [4.69, 9.17) is 15.2 Å². The Hall–Kier alpha value is -3.55. The molecule has 2 heterocycles. The Bertz CT molecular complexity index is 1140. The van der Waals surface area contributed by atoms with E-state index >= 15 is 0 Å². The number of nitrogens with zero attached hydrogens (tertiary/aromatic N) is 1. The summed E-state index contributed by atoms with van der Waals surface area (Å²) < 4.78 is 11.2. The molecule has 1 fully saturated rings. The van der Waals surface area contributed by atoms with E-state index < -0.39 is 5.97 Å². The van der Waals surface area contributed by atoms with E-state index in [1.165, 1.54) is 0 Å². The number of esters is 1. The smallest absolute Gasteiger partial charge is 0.338 e. The Labute approximate surface area is 199 Å². The van der Waals surface area contributed by atoms with Crippen molar-refractivity contribution in [1.29, 1.82) is 0 Å². The van der Waals surface area contributed by atoms with Crippen LogP contribution in [0.3, 0.4) is 0 Å². The molecule has 0 aliphatic carbocycles. The predicted molar refractivity (Wildman–Crippen MR) is 131 cm³/mol. The highest BCUT2D eigenvalue weighted by Gasteiger charge is 2.18. The minimum atomic E-state index is -0.398. The van der Waals surface area contributed by atoms with Crippen LogP contribution >= 0.6 is 0 Å². The molecule has 1 aromatic heterocycles. The Kier molecular flexibility index (Phi) is 7.67. The lowest BCUT2D eigenvalue weighted by molar-refractivity contribution is -0.0300. The fourth-order valence-electron chi connectivity index (χ4n) is 3.99. The van der Waals surface area contributed by atoms with Crippen LogP contribution in [0, 0.1) is 0 Å². The van der Waals surface area contributed by atoms with E-state index in [1.54, 1.807) is 54.9 Å². The molecule has 7 nitrogen and oxygen atoms in total. The van der Waals surface area contributed by atoms with E-state index in [0.29, 0.717) is 23.4 Å². The first kappa shape index (κ1) is 23.6. The van der Waals surface area contributed by atoms with Gasteiger partial charge in [-0.3, -0.25) is 9.78 Å². The van der Waals surface area contributed by atoms with Gasteiger partial charge in [-0.25, -0.2) is 4.79 Å². The number of amides is 1. The first-order valence-electron chi connectivity index (χ1n) is 11.5. The number of ether oxygens (including phenoxy) is 2. The number of carbonyl (C=O) groups is 2. The van der Waals surface area contributed by atoms with Gasteiger partial charge in [0.25, 0.3) is 5.91 Å². The lowest BCUT2D eigenvalue weighted by Gasteiger charge is -2.22. The van der Waals surface area contributed by atoms with Gasteiger partial charge in [0.05, 0.1) is 11.7 Å². The molecule has 0 bridgehead atoms. The molecular weight excluding hydrogens is 430 g/mol. The molecule has 1 aliphatic heterocycles. The van der Waals surface area contributed by atoms with Crippen molar-refractivity contribution in [2.45, 2.75) is 38.3 Å². The number of carbonyl (C=O) groups excluding carboxylic acids is 2. The second-order valence-electron chi connectivity index (χ2n) is 8.45. The zero-order valence-electron chi connectivity index (χ0n) is 19.2. The third-order valence-electron chi connectivity index (χ3n) is 5.83. The molecule has 7 heteroatoms. The molecule has 2 unspecified atom stereocenters. The van der Waals surface area contributed by atoms with Crippen molar-refractivity contribution in [1.82, 2.24) is 4.98 Å². The highest BCUT2D eigenvalue weighted by molar-refractivity contribution is 6.05. The molecule has 1 saturated heterocycles. The second kappa shape index (κ2) is 11.0. The van der Waals surface area contributed by atoms with Gasteiger partial charge >= 0.3 is 5.97 Å². The highest BCUT2D eigenvalue weighted by atomic mass is 16.6. The SMILES string of the molecule is CC(N)c1ccc(C(=O)Nc2ccncc2)cc1-c1cccc(C(=O)OCC2CCCCO2)c1. The molecule has 0 radical (unpaired) electrons. The van der Waals surface area contributed by atoms with Crippen LogP contribution in [0.15, 0.2) is 67.0 Å². The number of aromatic nitrogens is 1. The van der Waals surface area contributed by atoms with Crippen LogP contribution in [0.2, 0.25) is 0 Å². The number of hydrogen-bond acceptors (Lipinski definition) is 6. The van der Waals surface area contributed by atoms with Gasteiger partial charge in [0, 0.05) is 36.3 Å². The largest absolute Gasteiger partial charge is 0.459 e. The maximum atomic E-state index is 12.8. The topological polar surface area (TPSA) is 104 Å². The Morgan fingerprint density at radius 1 is 1.12 bits per heavy atom. The zero-order valence-corrected chi connectivity index (χ0v) is 19.2. The number of nitrogens with one attached hydrogen (secondary N) is 1. The van der Waals surface area contributed by atoms with Crippen molar-refractivity contribution in [3.8, 4) is 11.1 Å². The maximum absolute atomic E-state index is 12.8. The standard InChI is InChI=1S/C27H29N3O4/c1-18(28)24-9-8-20(26(31)30-22-10-12-29-13-11-22)16-25(24)19-5-4-6-21(15-19)27(32)34-17-23-7-2-3-14-33-23/h4-6,8-13,15-16,18,23H,2-3,7,14,17,28H2,1H3,(H,29,30,31). The number of rotatable bonds is 7. The molecule has 3 aromatic rings. The summed E-state index contributed by atoms with van der Waals surface area (Å²) >= 11 is 0. The number of hydrogen-bond donors (Lipinski definition) is 2. The molecule has 3 N–H and O–H groups in total. The number of pyridine rings is 1. The van der Waals surface area contributed by atoms with Crippen LogP contribution in [0.4, 0.5) is 5.69 Å². The van der Waals surface area contributed by atoms with E-state index in [1.807, 2.05) is 19.1 Å². The average Bonchev–Trinajstić information content (AvgIpc) is 2.88. The number of anilines is 1. The summed E-state index contributed by atoms with van der Waals surface area (Å²) in [5.74, 6) is -0.642. The second-order valence-corrected chi connectivity index (χ2v) is 8.45. The van der Waals surface area contributed by atoms with Gasteiger partial charge in [-0.15, -0.1) is 0 Å². The monoisotopic (exact) mass is 459 g/mol. The molecule has 34 heavy (non-hydrogen) atoms. The first-order chi connectivity index (χ1) is 16.5. The normalized spacial score (nSPS) is 16.5. The van der Waals surface area contributed by atoms with Crippen LogP contribution in [-0.2, 0) is 9.47 Å². The van der Waals surface area contributed by atoms with E-state index in [0.717, 1.165) is 36.0 Å².